The maximum absolute atomic E-state index is 14.4. The zero-order valence-electron chi connectivity index (χ0n) is 19.9. The van der Waals surface area contributed by atoms with E-state index in [-0.39, 0.29) is 78.0 Å². The summed E-state index contributed by atoms with van der Waals surface area (Å²) < 4.78 is 61.6. The highest BCUT2D eigenvalue weighted by molar-refractivity contribution is 6.30. The number of amides is 1. The molecule has 0 atom stereocenters. The second-order valence-electron chi connectivity index (χ2n) is 9.40. The maximum atomic E-state index is 14.4. The van der Waals surface area contributed by atoms with Gasteiger partial charge in [0.25, 0.3) is 0 Å². The summed E-state index contributed by atoms with van der Waals surface area (Å²) in [7, 11) is 0. The van der Waals surface area contributed by atoms with Crippen LogP contribution in [0.15, 0.2) is 18.2 Å². The summed E-state index contributed by atoms with van der Waals surface area (Å²) in [5, 5.41) is 3.96. The van der Waals surface area contributed by atoms with E-state index in [4.69, 9.17) is 16.3 Å². The molecular weight excluding hydrogens is 502 g/mol. The number of hydrogen-bond acceptors (Lipinski definition) is 4. The number of ether oxygens (including phenoxy) is 1. The Bertz CT molecular complexity index is 1130. The van der Waals surface area contributed by atoms with Crippen molar-refractivity contribution in [3.8, 4) is 0 Å². The Labute approximate surface area is 211 Å². The van der Waals surface area contributed by atoms with Crippen molar-refractivity contribution in [3.05, 3.63) is 51.6 Å². The Morgan fingerprint density at radius 2 is 1.92 bits per heavy atom. The van der Waals surface area contributed by atoms with Gasteiger partial charge < -0.3 is 9.64 Å². The summed E-state index contributed by atoms with van der Waals surface area (Å²) in [5.74, 6) is -1.00. The molecule has 1 saturated carbocycles. The van der Waals surface area contributed by atoms with E-state index in [0.29, 0.717) is 19.4 Å². The van der Waals surface area contributed by atoms with Crippen molar-refractivity contribution < 1.29 is 31.9 Å². The van der Waals surface area contributed by atoms with Gasteiger partial charge in [-0.3, -0.25) is 14.3 Å². The van der Waals surface area contributed by atoms with Crippen molar-refractivity contribution in [2.75, 3.05) is 13.2 Å². The summed E-state index contributed by atoms with van der Waals surface area (Å²) in [6, 6.07) is 3.98. The fourth-order valence-corrected chi connectivity index (χ4v) is 5.26. The molecule has 1 aromatic carbocycles. The summed E-state index contributed by atoms with van der Waals surface area (Å²) >= 11 is 5.79. The van der Waals surface area contributed by atoms with Crippen molar-refractivity contribution in [2.24, 2.45) is 11.8 Å². The molecule has 1 aliphatic heterocycles. The highest BCUT2D eigenvalue weighted by Gasteiger charge is 2.41. The second kappa shape index (κ2) is 10.8. The van der Waals surface area contributed by atoms with Gasteiger partial charge in [0.15, 0.2) is 5.69 Å². The van der Waals surface area contributed by atoms with Crippen molar-refractivity contribution in [3.63, 3.8) is 0 Å². The molecule has 0 N–H and O–H groups in total. The van der Waals surface area contributed by atoms with Crippen LogP contribution in [0, 0.1) is 17.7 Å². The molecule has 1 amide bonds. The lowest BCUT2D eigenvalue weighted by molar-refractivity contribution is -0.149. The van der Waals surface area contributed by atoms with Gasteiger partial charge in [-0.25, -0.2) is 4.39 Å². The van der Waals surface area contributed by atoms with Gasteiger partial charge >= 0.3 is 12.1 Å². The third-order valence-electron chi connectivity index (χ3n) is 7.03. The van der Waals surface area contributed by atoms with Crippen LogP contribution in [-0.4, -0.2) is 39.7 Å². The topological polar surface area (TPSA) is 64.4 Å². The number of fused-ring (bicyclic) bond motifs is 1. The predicted octanol–water partition coefficient (Wildman–Crippen LogP) is 5.39. The number of rotatable bonds is 6. The van der Waals surface area contributed by atoms with Gasteiger partial charge in [-0.05, 0) is 57.1 Å². The molecule has 0 spiro atoms. The van der Waals surface area contributed by atoms with Crippen LogP contribution >= 0.6 is 11.6 Å². The molecule has 4 rings (SSSR count). The average Bonchev–Trinajstić information content (AvgIpc) is 3.20. The minimum absolute atomic E-state index is 0.0224. The maximum Gasteiger partial charge on any atom is 0.435 e. The van der Waals surface area contributed by atoms with E-state index in [1.165, 1.54) is 12.1 Å². The Morgan fingerprint density at radius 3 is 2.56 bits per heavy atom. The van der Waals surface area contributed by atoms with Crippen LogP contribution in [0.1, 0.15) is 61.5 Å². The lowest BCUT2D eigenvalue weighted by atomic mass is 9.80. The van der Waals surface area contributed by atoms with E-state index in [2.05, 4.69) is 5.10 Å². The summed E-state index contributed by atoms with van der Waals surface area (Å²) in [6.07, 6.45) is -1.59. The van der Waals surface area contributed by atoms with Crippen molar-refractivity contribution in [1.82, 2.24) is 14.7 Å². The van der Waals surface area contributed by atoms with Gasteiger partial charge in [0.1, 0.15) is 5.82 Å². The number of benzene rings is 1. The summed E-state index contributed by atoms with van der Waals surface area (Å²) in [5.41, 5.74) is -0.519. The van der Waals surface area contributed by atoms with Gasteiger partial charge in [-0.1, -0.05) is 17.7 Å². The molecule has 2 aliphatic rings. The highest BCUT2D eigenvalue weighted by atomic mass is 35.5. The number of esters is 1. The van der Waals surface area contributed by atoms with E-state index in [9.17, 15) is 27.2 Å². The molecule has 2 heterocycles. The molecule has 1 fully saturated rings. The van der Waals surface area contributed by atoms with Crippen LogP contribution < -0.4 is 0 Å². The molecule has 0 saturated heterocycles. The van der Waals surface area contributed by atoms with Gasteiger partial charge in [-0.15, -0.1) is 0 Å². The number of halogens is 5. The summed E-state index contributed by atoms with van der Waals surface area (Å²) in [4.78, 5) is 26.6. The van der Waals surface area contributed by atoms with Crippen LogP contribution in [0.2, 0.25) is 5.02 Å². The van der Waals surface area contributed by atoms with Crippen LogP contribution in [0.5, 0.6) is 0 Å². The minimum Gasteiger partial charge on any atom is -0.466 e. The molecule has 0 bridgehead atoms. The molecule has 6 nitrogen and oxygen atoms in total. The monoisotopic (exact) mass is 529 g/mol. The number of carbonyl (C=O) groups is 2. The standard InChI is InChI=1S/C25H28ClF4N3O3/c1-2-36-24(35)16-5-3-15(4-6-16)11-22(34)32-10-9-19-21(14-32)33(31-23(19)25(28,29)30)13-17-7-8-18(26)12-20(17)27/h7-8,12,15-16H,2-6,9-11,13-14H2,1H3. The first-order valence-electron chi connectivity index (χ1n) is 12.1. The van der Waals surface area contributed by atoms with E-state index < -0.39 is 17.7 Å². The predicted molar refractivity (Wildman–Crippen MR) is 124 cm³/mol. The van der Waals surface area contributed by atoms with Gasteiger partial charge in [-0.2, -0.15) is 18.3 Å². The van der Waals surface area contributed by atoms with Gasteiger partial charge in [0.2, 0.25) is 5.91 Å². The molecule has 36 heavy (non-hydrogen) atoms. The van der Waals surface area contributed by atoms with E-state index in [1.54, 1.807) is 11.8 Å². The lowest BCUT2D eigenvalue weighted by Gasteiger charge is -2.31. The molecule has 11 heteroatoms. The average molecular weight is 530 g/mol. The molecular formula is C25H28ClF4N3O3. The second-order valence-corrected chi connectivity index (χ2v) is 9.84. The van der Waals surface area contributed by atoms with Crippen molar-refractivity contribution >= 4 is 23.5 Å². The smallest absolute Gasteiger partial charge is 0.435 e. The molecule has 0 unspecified atom stereocenters. The zero-order valence-corrected chi connectivity index (χ0v) is 20.7. The lowest BCUT2D eigenvalue weighted by Crippen LogP contribution is -2.38. The normalized spacial score (nSPS) is 20.2. The largest absolute Gasteiger partial charge is 0.466 e. The third-order valence-corrected chi connectivity index (χ3v) is 7.26. The molecule has 2 aromatic rings. The van der Waals surface area contributed by atoms with Crippen LogP contribution in [-0.2, 0) is 40.0 Å². The number of aromatic nitrogens is 2. The fraction of sp³-hybridized carbons (Fsp3) is 0.560. The van der Waals surface area contributed by atoms with E-state index in [0.717, 1.165) is 23.6 Å². The number of nitrogens with zero attached hydrogens (tertiary/aromatic N) is 3. The first kappa shape index (κ1) is 26.4. The molecule has 0 radical (unpaired) electrons. The summed E-state index contributed by atoms with van der Waals surface area (Å²) in [6.45, 7) is 2.04. The van der Waals surface area contributed by atoms with Gasteiger partial charge in [0.05, 0.1) is 31.3 Å². The van der Waals surface area contributed by atoms with Crippen LogP contribution in [0.4, 0.5) is 17.6 Å². The van der Waals surface area contributed by atoms with Gasteiger partial charge in [0, 0.05) is 29.1 Å². The van der Waals surface area contributed by atoms with E-state index in [1.807, 2.05) is 0 Å². The Morgan fingerprint density at radius 1 is 1.19 bits per heavy atom. The van der Waals surface area contributed by atoms with Crippen molar-refractivity contribution in [1.29, 1.82) is 0 Å². The molecule has 1 aromatic heterocycles. The number of carbonyl (C=O) groups excluding carboxylic acids is 2. The number of hydrogen-bond donors (Lipinski definition) is 0. The number of alkyl halides is 3. The third kappa shape index (κ3) is 5.85. The first-order chi connectivity index (χ1) is 17.1. The first-order valence-corrected chi connectivity index (χ1v) is 12.5. The Kier molecular flexibility index (Phi) is 7.92. The molecule has 196 valence electrons. The Hall–Kier alpha value is -2.62. The Balaban J connectivity index is 1.47. The SMILES string of the molecule is CCOC(=O)C1CCC(CC(=O)N2CCc3c(C(F)(F)F)nn(Cc4ccc(Cl)cc4F)c3C2)CC1. The van der Waals surface area contributed by atoms with Crippen LogP contribution in [0.25, 0.3) is 0 Å². The highest BCUT2D eigenvalue weighted by Crippen LogP contribution is 2.36. The van der Waals surface area contributed by atoms with Crippen molar-refractivity contribution in [2.45, 2.75) is 64.7 Å². The minimum atomic E-state index is -4.66. The van der Waals surface area contributed by atoms with Crippen LogP contribution in [0.3, 0.4) is 0 Å². The fourth-order valence-electron chi connectivity index (χ4n) is 5.10. The van der Waals surface area contributed by atoms with E-state index >= 15 is 0 Å². The zero-order chi connectivity index (χ0) is 26.0. The molecule has 1 aliphatic carbocycles. The quantitative estimate of drug-likeness (QED) is 0.372.